The van der Waals surface area contributed by atoms with E-state index in [1.54, 1.807) is 39.5 Å². The lowest BCUT2D eigenvalue weighted by Crippen LogP contribution is -2.40. The first-order valence-corrected chi connectivity index (χ1v) is 11.2. The fourth-order valence-electron chi connectivity index (χ4n) is 3.43. The van der Waals surface area contributed by atoms with Crippen LogP contribution < -0.4 is 15.5 Å². The molecule has 1 saturated heterocycles. The highest BCUT2D eigenvalue weighted by molar-refractivity contribution is 7.17. The number of carbonyl (C=O) groups excluding carboxylic acids is 2. The number of carbonyl (C=O) groups is 2. The van der Waals surface area contributed by atoms with E-state index in [9.17, 15) is 22.8 Å². The Morgan fingerprint density at radius 2 is 1.97 bits per heavy atom. The smallest absolute Gasteiger partial charge is 0.417 e. The lowest BCUT2D eigenvalue weighted by atomic mass is 10.1. The van der Waals surface area contributed by atoms with E-state index in [2.05, 4.69) is 15.6 Å². The summed E-state index contributed by atoms with van der Waals surface area (Å²) in [6, 6.07) is 0.558. The zero-order valence-corrected chi connectivity index (χ0v) is 19.4. The van der Waals surface area contributed by atoms with Crippen LogP contribution in [0.4, 0.5) is 23.8 Å². The zero-order chi connectivity index (χ0) is 23.8. The fraction of sp³-hybridized carbons (Fsp3) is 0.571. The highest BCUT2D eigenvalue weighted by Crippen LogP contribution is 2.40. The summed E-state index contributed by atoms with van der Waals surface area (Å²) < 4.78 is 46.6. The van der Waals surface area contributed by atoms with E-state index in [-0.39, 0.29) is 40.2 Å². The zero-order valence-electron chi connectivity index (χ0n) is 18.6. The van der Waals surface area contributed by atoms with Crippen LogP contribution in [0.25, 0.3) is 10.2 Å². The Kier molecular flexibility index (Phi) is 6.60. The van der Waals surface area contributed by atoms with Crippen molar-refractivity contribution in [2.45, 2.75) is 64.9 Å². The molecule has 1 fully saturated rings. The van der Waals surface area contributed by atoms with E-state index in [0.717, 1.165) is 17.4 Å². The number of amides is 2. The normalized spacial score (nSPS) is 17.2. The molecule has 0 radical (unpaired) electrons. The Morgan fingerprint density at radius 3 is 2.56 bits per heavy atom. The number of halogens is 3. The van der Waals surface area contributed by atoms with Crippen molar-refractivity contribution in [3.63, 3.8) is 0 Å². The average Bonchev–Trinajstić information content (AvgIpc) is 3.24. The molecule has 0 saturated carbocycles. The molecule has 0 spiro atoms. The number of rotatable bonds is 4. The molecule has 2 aromatic heterocycles. The maximum absolute atomic E-state index is 13.8. The van der Waals surface area contributed by atoms with Crippen LogP contribution in [-0.4, -0.2) is 47.8 Å². The van der Waals surface area contributed by atoms with Gasteiger partial charge in [-0.3, -0.25) is 4.79 Å². The quantitative estimate of drug-likeness (QED) is 0.682. The lowest BCUT2D eigenvalue weighted by Gasteiger charge is -2.22. The average molecular weight is 473 g/mol. The van der Waals surface area contributed by atoms with E-state index in [1.165, 1.54) is 5.38 Å². The summed E-state index contributed by atoms with van der Waals surface area (Å²) in [5.74, 6) is -0.342. The highest BCUT2D eigenvalue weighted by Gasteiger charge is 2.37. The third-order valence-corrected chi connectivity index (χ3v) is 5.71. The molecule has 3 rings (SSSR count). The van der Waals surface area contributed by atoms with Gasteiger partial charge in [0.05, 0.1) is 27.4 Å². The van der Waals surface area contributed by atoms with E-state index in [1.807, 2.05) is 0 Å². The van der Waals surface area contributed by atoms with Crippen molar-refractivity contribution in [3.05, 3.63) is 22.6 Å². The van der Waals surface area contributed by atoms with Gasteiger partial charge >= 0.3 is 12.3 Å². The molecule has 1 aliphatic heterocycles. The van der Waals surface area contributed by atoms with Crippen molar-refractivity contribution >= 4 is 39.4 Å². The van der Waals surface area contributed by atoms with Crippen molar-refractivity contribution in [1.29, 1.82) is 0 Å². The lowest BCUT2D eigenvalue weighted by molar-refractivity contribution is -0.136. The van der Waals surface area contributed by atoms with Crippen molar-refractivity contribution in [2.24, 2.45) is 0 Å². The van der Waals surface area contributed by atoms with E-state index in [0.29, 0.717) is 13.0 Å². The second kappa shape index (κ2) is 8.76. The SMILES string of the molecule is CC(C)NC(=O)c1csc2c(C(F)(F)F)cc(N3CCC(NC(=O)OC(C)(C)C)C3)nc12. The predicted molar refractivity (Wildman–Crippen MR) is 117 cm³/mol. The number of hydrogen-bond donors (Lipinski definition) is 2. The van der Waals surface area contributed by atoms with Crippen LogP contribution in [0.3, 0.4) is 0 Å². The van der Waals surface area contributed by atoms with Crippen LogP contribution in [0.1, 0.15) is 57.0 Å². The van der Waals surface area contributed by atoms with E-state index < -0.39 is 29.3 Å². The van der Waals surface area contributed by atoms with Gasteiger partial charge in [-0.1, -0.05) is 0 Å². The second-order valence-corrected chi connectivity index (χ2v) is 9.94. The number of aromatic nitrogens is 1. The number of thiophene rings is 1. The topological polar surface area (TPSA) is 83.6 Å². The summed E-state index contributed by atoms with van der Waals surface area (Å²) >= 11 is 0.853. The first kappa shape index (κ1) is 24.1. The van der Waals surface area contributed by atoms with E-state index >= 15 is 0 Å². The first-order valence-electron chi connectivity index (χ1n) is 10.3. The van der Waals surface area contributed by atoms with Gasteiger partial charge in [0.1, 0.15) is 11.4 Å². The Hall–Kier alpha value is -2.56. The number of ether oxygens (including phenoxy) is 1. The van der Waals surface area contributed by atoms with Gasteiger partial charge in [0.15, 0.2) is 0 Å². The third-order valence-electron chi connectivity index (χ3n) is 4.71. The molecule has 1 atom stereocenters. The van der Waals surface area contributed by atoms with Crippen LogP contribution in [0.15, 0.2) is 11.4 Å². The van der Waals surface area contributed by atoms with Gasteiger partial charge in [0.25, 0.3) is 5.91 Å². The highest BCUT2D eigenvalue weighted by atomic mass is 32.1. The maximum atomic E-state index is 13.8. The van der Waals surface area contributed by atoms with Gasteiger partial charge in [-0.25, -0.2) is 9.78 Å². The van der Waals surface area contributed by atoms with Crippen molar-refractivity contribution in [3.8, 4) is 0 Å². The largest absolute Gasteiger partial charge is 0.444 e. The van der Waals surface area contributed by atoms with Gasteiger partial charge in [0, 0.05) is 24.5 Å². The molecule has 1 aliphatic rings. The standard InChI is InChI=1S/C21H27F3N4O3S/c1-11(2)25-18(29)13-10-32-17-14(21(22,23)24)8-15(27-16(13)17)28-7-6-12(9-28)26-19(30)31-20(3,4)5/h8,10-12H,6-7,9H2,1-5H3,(H,25,29)(H,26,30). The van der Waals surface area contributed by atoms with Crippen LogP contribution in [0.5, 0.6) is 0 Å². The van der Waals surface area contributed by atoms with Crippen LogP contribution in [0.2, 0.25) is 0 Å². The van der Waals surface area contributed by atoms with Gasteiger partial charge in [-0.05, 0) is 47.1 Å². The molecule has 7 nitrogen and oxygen atoms in total. The molecule has 0 aromatic carbocycles. The molecule has 11 heteroatoms. The summed E-state index contributed by atoms with van der Waals surface area (Å²) in [5, 5.41) is 6.86. The molecule has 32 heavy (non-hydrogen) atoms. The Morgan fingerprint density at radius 1 is 1.28 bits per heavy atom. The molecule has 2 N–H and O–H groups in total. The molecular formula is C21H27F3N4O3S. The summed E-state index contributed by atoms with van der Waals surface area (Å²) in [5.41, 5.74) is -1.33. The summed E-state index contributed by atoms with van der Waals surface area (Å²) in [7, 11) is 0. The molecule has 0 bridgehead atoms. The van der Waals surface area contributed by atoms with Gasteiger partial charge in [-0.2, -0.15) is 13.2 Å². The number of nitrogens with zero attached hydrogens (tertiary/aromatic N) is 2. The molecule has 3 heterocycles. The van der Waals surface area contributed by atoms with Crippen molar-refractivity contribution in [1.82, 2.24) is 15.6 Å². The molecule has 176 valence electrons. The summed E-state index contributed by atoms with van der Waals surface area (Å²) in [6.45, 7) is 9.49. The van der Waals surface area contributed by atoms with Gasteiger partial charge < -0.3 is 20.3 Å². The minimum Gasteiger partial charge on any atom is -0.444 e. The molecule has 2 amide bonds. The summed E-state index contributed by atoms with van der Waals surface area (Å²) in [4.78, 5) is 30.6. The first-order chi connectivity index (χ1) is 14.7. The number of pyridine rings is 1. The van der Waals surface area contributed by atoms with Crippen LogP contribution >= 0.6 is 11.3 Å². The number of hydrogen-bond acceptors (Lipinski definition) is 6. The Labute approximate surface area is 188 Å². The van der Waals surface area contributed by atoms with Gasteiger partial charge in [0.2, 0.25) is 0 Å². The van der Waals surface area contributed by atoms with Gasteiger partial charge in [-0.15, -0.1) is 11.3 Å². The Balaban J connectivity index is 1.90. The van der Waals surface area contributed by atoms with Crippen molar-refractivity contribution < 1.29 is 27.5 Å². The minimum absolute atomic E-state index is 0.0292. The molecule has 1 unspecified atom stereocenters. The number of nitrogens with one attached hydrogen (secondary N) is 2. The number of alkyl carbamates (subject to hydrolysis) is 1. The number of alkyl halides is 3. The summed E-state index contributed by atoms with van der Waals surface area (Å²) in [6.07, 6.45) is -4.64. The minimum atomic E-state index is -4.60. The molecule has 0 aliphatic carbocycles. The number of fused-ring (bicyclic) bond motifs is 1. The Bertz CT molecular complexity index is 1010. The fourth-order valence-corrected chi connectivity index (χ4v) is 4.45. The van der Waals surface area contributed by atoms with Crippen molar-refractivity contribution in [2.75, 3.05) is 18.0 Å². The predicted octanol–water partition coefficient (Wildman–Crippen LogP) is 4.56. The monoisotopic (exact) mass is 472 g/mol. The van der Waals surface area contributed by atoms with E-state index in [4.69, 9.17) is 4.74 Å². The van der Waals surface area contributed by atoms with Crippen LogP contribution in [-0.2, 0) is 10.9 Å². The maximum Gasteiger partial charge on any atom is 0.417 e. The molecular weight excluding hydrogens is 445 g/mol. The third kappa shape index (κ3) is 5.62. The molecule has 2 aromatic rings. The second-order valence-electron chi connectivity index (χ2n) is 9.06. The number of anilines is 1. The van der Waals surface area contributed by atoms with Crippen LogP contribution in [0, 0.1) is 0 Å².